The van der Waals surface area contributed by atoms with Crippen molar-refractivity contribution in [2.24, 2.45) is 0 Å². The molecule has 7 aromatic carbocycles. The molecule has 2 aliphatic heterocycles. The maximum Gasteiger partial charge on any atom is 0.0634 e. The molecule has 7 aromatic rings. The van der Waals surface area contributed by atoms with Crippen molar-refractivity contribution >= 4 is 90.6 Å². The van der Waals surface area contributed by atoms with E-state index >= 15 is 0 Å². The summed E-state index contributed by atoms with van der Waals surface area (Å²) in [6, 6.07) is 47.3. The molecule has 2 aliphatic rings. The fraction of sp³-hybridized carbons (Fsp3) is 0. The number of nitrogens with zero attached hydrogens (tertiary/aromatic N) is 2. The normalized spacial score (nSPS) is 13.4. The maximum atomic E-state index is 6.89. The first-order valence-corrected chi connectivity index (χ1v) is 16.2. The lowest BCUT2D eigenvalue weighted by atomic mass is 9.96. The van der Waals surface area contributed by atoms with E-state index in [2.05, 4.69) is 143 Å². The maximum absolute atomic E-state index is 6.89. The molecule has 0 spiro atoms. The van der Waals surface area contributed by atoms with E-state index < -0.39 is 0 Å². The molecule has 4 nitrogen and oxygen atoms in total. The molecule has 0 bridgehead atoms. The van der Waals surface area contributed by atoms with Crippen LogP contribution in [0.3, 0.4) is 0 Å². The average Bonchev–Trinajstić information content (AvgIpc) is 3.08. The van der Waals surface area contributed by atoms with E-state index in [1.54, 1.807) is 23.5 Å². The van der Waals surface area contributed by atoms with E-state index in [0.717, 1.165) is 55.7 Å². The monoisotopic (exact) mass is 602 g/mol. The van der Waals surface area contributed by atoms with Gasteiger partial charge in [0, 0.05) is 41.7 Å². The van der Waals surface area contributed by atoms with Crippen LogP contribution in [0.2, 0.25) is 0 Å². The molecule has 0 amide bonds. The van der Waals surface area contributed by atoms with E-state index in [1.807, 2.05) is 0 Å². The van der Waals surface area contributed by atoms with Crippen molar-refractivity contribution in [3.63, 3.8) is 0 Å². The highest BCUT2D eigenvalue weighted by Gasteiger charge is 2.27. The fourth-order valence-electron chi connectivity index (χ4n) is 6.51. The van der Waals surface area contributed by atoms with Crippen LogP contribution in [0.25, 0.3) is 21.5 Å². The van der Waals surface area contributed by atoms with E-state index in [4.69, 9.17) is 11.5 Å². The SMILES string of the molecule is Nc1c(N)c2cc(N3c4ccccc4Sc4ccccc43)ccc2c2ccc(N3c4ccccc4Sc4ccccc43)cc12. The van der Waals surface area contributed by atoms with Crippen molar-refractivity contribution in [3.8, 4) is 0 Å². The van der Waals surface area contributed by atoms with Gasteiger partial charge in [0.2, 0.25) is 0 Å². The Balaban J connectivity index is 1.22. The van der Waals surface area contributed by atoms with Crippen LogP contribution in [0.1, 0.15) is 0 Å². The lowest BCUT2D eigenvalue weighted by molar-refractivity contribution is 1.17. The van der Waals surface area contributed by atoms with Crippen molar-refractivity contribution < 1.29 is 0 Å². The summed E-state index contributed by atoms with van der Waals surface area (Å²) in [6.45, 7) is 0. The summed E-state index contributed by atoms with van der Waals surface area (Å²) in [5.41, 5.74) is 21.7. The molecular weight excluding hydrogens is 577 g/mol. The van der Waals surface area contributed by atoms with Crippen molar-refractivity contribution in [3.05, 3.63) is 133 Å². The molecule has 0 atom stereocenters. The Morgan fingerprint density at radius 1 is 0.364 bits per heavy atom. The number of nitrogen functional groups attached to an aromatic ring is 2. The minimum absolute atomic E-state index is 0.606. The van der Waals surface area contributed by atoms with Crippen LogP contribution in [-0.4, -0.2) is 0 Å². The van der Waals surface area contributed by atoms with Gasteiger partial charge in [0.15, 0.2) is 0 Å². The molecule has 6 heteroatoms. The van der Waals surface area contributed by atoms with Crippen molar-refractivity contribution in [1.82, 2.24) is 0 Å². The Kier molecular flexibility index (Phi) is 5.64. The summed E-state index contributed by atoms with van der Waals surface area (Å²) in [5.74, 6) is 0. The zero-order chi connectivity index (χ0) is 29.4. The van der Waals surface area contributed by atoms with Gasteiger partial charge in [0.05, 0.1) is 34.1 Å². The van der Waals surface area contributed by atoms with Gasteiger partial charge in [-0.25, -0.2) is 0 Å². The molecular formula is C38H26N4S2. The summed E-state index contributed by atoms with van der Waals surface area (Å²) in [7, 11) is 0. The summed E-state index contributed by atoms with van der Waals surface area (Å²) in [5, 5.41) is 4.09. The van der Waals surface area contributed by atoms with Gasteiger partial charge in [-0.3, -0.25) is 0 Å². The molecule has 0 aliphatic carbocycles. The number of nitrogens with two attached hydrogens (primary N) is 2. The van der Waals surface area contributed by atoms with Gasteiger partial charge in [0.1, 0.15) is 0 Å². The fourth-order valence-corrected chi connectivity index (χ4v) is 8.63. The third-order valence-electron chi connectivity index (χ3n) is 8.55. The predicted octanol–water partition coefficient (Wildman–Crippen LogP) is 11.0. The zero-order valence-electron chi connectivity index (χ0n) is 23.6. The van der Waals surface area contributed by atoms with Gasteiger partial charge in [-0.05, 0) is 83.6 Å². The zero-order valence-corrected chi connectivity index (χ0v) is 25.2. The standard InChI is InChI=1S/C38H26N4S2/c39-37-27-21-23(41-29-9-1-5-13-33(29)43-34-14-6-2-10-30(34)41)17-19-25(27)26-20-18-24(22-28(26)38(37)40)42-31-11-3-7-15-35(31)44-36-16-8-4-12-32(36)42/h1-22H,39-40H2. The summed E-state index contributed by atoms with van der Waals surface area (Å²) < 4.78 is 0. The van der Waals surface area contributed by atoms with Gasteiger partial charge in [-0.2, -0.15) is 0 Å². The number of benzene rings is 7. The average molecular weight is 603 g/mol. The van der Waals surface area contributed by atoms with Gasteiger partial charge in [-0.1, -0.05) is 84.2 Å². The molecule has 0 aromatic heterocycles. The van der Waals surface area contributed by atoms with Crippen LogP contribution >= 0.6 is 23.5 Å². The predicted molar refractivity (Wildman–Crippen MR) is 188 cm³/mol. The van der Waals surface area contributed by atoms with Crippen molar-refractivity contribution in [2.75, 3.05) is 21.3 Å². The Morgan fingerprint density at radius 2 is 0.682 bits per heavy atom. The molecule has 2 heterocycles. The number of hydrogen-bond donors (Lipinski definition) is 2. The van der Waals surface area contributed by atoms with Crippen LogP contribution in [0.15, 0.2) is 153 Å². The highest BCUT2D eigenvalue weighted by Crippen LogP contribution is 2.54. The largest absolute Gasteiger partial charge is 0.397 e. The van der Waals surface area contributed by atoms with E-state index in [9.17, 15) is 0 Å². The van der Waals surface area contributed by atoms with Gasteiger partial charge in [-0.15, -0.1) is 0 Å². The molecule has 9 rings (SSSR count). The number of para-hydroxylation sites is 4. The van der Waals surface area contributed by atoms with E-state index in [0.29, 0.717) is 11.4 Å². The molecule has 0 saturated carbocycles. The van der Waals surface area contributed by atoms with E-state index in [1.165, 1.54) is 19.6 Å². The smallest absolute Gasteiger partial charge is 0.0634 e. The van der Waals surface area contributed by atoms with Crippen LogP contribution in [0, 0.1) is 0 Å². The Labute approximate surface area is 263 Å². The Hall–Kier alpha value is -5.04. The lowest BCUT2D eigenvalue weighted by Crippen LogP contribution is -2.15. The molecule has 44 heavy (non-hydrogen) atoms. The van der Waals surface area contributed by atoms with Crippen LogP contribution in [-0.2, 0) is 0 Å². The minimum atomic E-state index is 0.606. The van der Waals surface area contributed by atoms with Crippen LogP contribution in [0.5, 0.6) is 0 Å². The van der Waals surface area contributed by atoms with Crippen molar-refractivity contribution in [1.29, 1.82) is 0 Å². The second-order valence-electron chi connectivity index (χ2n) is 11.0. The molecule has 0 saturated heterocycles. The van der Waals surface area contributed by atoms with Crippen LogP contribution in [0.4, 0.5) is 45.5 Å². The summed E-state index contributed by atoms with van der Waals surface area (Å²) >= 11 is 3.61. The Morgan fingerprint density at radius 3 is 1.02 bits per heavy atom. The third-order valence-corrected chi connectivity index (χ3v) is 10.8. The van der Waals surface area contributed by atoms with Crippen molar-refractivity contribution in [2.45, 2.75) is 19.6 Å². The number of anilines is 8. The first-order valence-electron chi connectivity index (χ1n) is 14.5. The second-order valence-corrected chi connectivity index (χ2v) is 13.2. The first-order chi connectivity index (χ1) is 21.7. The molecule has 4 N–H and O–H groups in total. The first kappa shape index (κ1) is 25.5. The molecule has 0 fully saturated rings. The number of hydrogen-bond acceptors (Lipinski definition) is 6. The highest BCUT2D eigenvalue weighted by atomic mass is 32.2. The number of rotatable bonds is 2. The number of fused-ring (bicyclic) bond motifs is 7. The van der Waals surface area contributed by atoms with E-state index in [-0.39, 0.29) is 0 Å². The minimum Gasteiger partial charge on any atom is -0.397 e. The molecule has 210 valence electrons. The van der Waals surface area contributed by atoms with Gasteiger partial charge < -0.3 is 21.3 Å². The van der Waals surface area contributed by atoms with Crippen LogP contribution < -0.4 is 21.3 Å². The van der Waals surface area contributed by atoms with Gasteiger partial charge in [0.25, 0.3) is 0 Å². The second kappa shape index (κ2) is 9.74. The molecule has 0 unspecified atom stereocenters. The topological polar surface area (TPSA) is 58.5 Å². The highest BCUT2D eigenvalue weighted by molar-refractivity contribution is 8.00. The molecule has 0 radical (unpaired) electrons. The quantitative estimate of drug-likeness (QED) is 0.117. The third kappa shape index (κ3) is 3.75. The lowest BCUT2D eigenvalue weighted by Gasteiger charge is -2.33. The Bertz CT molecular complexity index is 2040. The van der Waals surface area contributed by atoms with Gasteiger partial charge >= 0.3 is 0 Å². The summed E-state index contributed by atoms with van der Waals surface area (Å²) in [6.07, 6.45) is 0. The summed E-state index contributed by atoms with van der Waals surface area (Å²) in [4.78, 5) is 9.56.